The third-order valence-corrected chi connectivity index (χ3v) is 8.05. The summed E-state index contributed by atoms with van der Waals surface area (Å²) in [5.41, 5.74) is 6.70. The van der Waals surface area contributed by atoms with Crippen LogP contribution in [0.15, 0.2) is 42.6 Å². The van der Waals surface area contributed by atoms with E-state index in [-0.39, 0.29) is 37.3 Å². The van der Waals surface area contributed by atoms with Crippen molar-refractivity contribution in [2.45, 2.75) is 70.8 Å². The quantitative estimate of drug-likeness (QED) is 0.370. The van der Waals surface area contributed by atoms with Crippen molar-refractivity contribution in [1.29, 1.82) is 0 Å². The van der Waals surface area contributed by atoms with Gasteiger partial charge in [0, 0.05) is 34.4 Å². The summed E-state index contributed by atoms with van der Waals surface area (Å²) >= 11 is 0. The number of aromatic nitrogens is 4. The molecule has 6 heteroatoms. The first-order chi connectivity index (χ1) is 14.7. The van der Waals surface area contributed by atoms with Crippen LogP contribution < -0.4 is 5.10 Å². The van der Waals surface area contributed by atoms with Crippen LogP contribution in [0.3, 0.4) is 0 Å². The first kappa shape index (κ1) is 23.3. The maximum atomic E-state index is 5.07. The van der Waals surface area contributed by atoms with Crippen molar-refractivity contribution < 1.29 is 21.1 Å². The van der Waals surface area contributed by atoms with Gasteiger partial charge in [-0.1, -0.05) is 52.4 Å². The zero-order chi connectivity index (χ0) is 21.9. The van der Waals surface area contributed by atoms with Gasteiger partial charge in [-0.25, -0.2) is 0 Å². The molecular weight excluding hydrogens is 577 g/mol. The fourth-order valence-electron chi connectivity index (χ4n) is 5.64. The number of nitrogens with zero attached hydrogens (tertiary/aromatic N) is 5. The van der Waals surface area contributed by atoms with Gasteiger partial charge in [-0.2, -0.15) is 0 Å². The molecule has 0 radical (unpaired) electrons. The third kappa shape index (κ3) is 3.49. The van der Waals surface area contributed by atoms with Crippen LogP contribution in [0.4, 0.5) is 0 Å². The van der Waals surface area contributed by atoms with Crippen molar-refractivity contribution in [3.63, 3.8) is 0 Å². The van der Waals surface area contributed by atoms with E-state index in [0.717, 1.165) is 22.8 Å². The fraction of sp³-hybridized carbons (Fsp3) is 0.500. The van der Waals surface area contributed by atoms with Crippen molar-refractivity contribution in [3.8, 4) is 11.4 Å². The normalized spacial score (nSPS) is 23.1. The molecule has 2 unspecified atom stereocenters. The molecule has 3 aromatic heterocycles. The van der Waals surface area contributed by atoms with Crippen LogP contribution in [0.5, 0.6) is 0 Å². The molecule has 170 valence electrons. The summed E-state index contributed by atoms with van der Waals surface area (Å²) in [6.45, 7) is 12.9. The molecule has 1 saturated carbocycles. The van der Waals surface area contributed by atoms with Gasteiger partial charge in [0.25, 0.3) is 0 Å². The summed E-state index contributed by atoms with van der Waals surface area (Å²) in [4.78, 5) is 9.43. The van der Waals surface area contributed by atoms with Gasteiger partial charge < -0.3 is 15.5 Å². The number of fused-ring (bicyclic) bond motifs is 5. The van der Waals surface area contributed by atoms with Gasteiger partial charge in [-0.05, 0) is 59.4 Å². The monoisotopic (exact) mass is 608 g/mol. The molecule has 0 aromatic carbocycles. The summed E-state index contributed by atoms with van der Waals surface area (Å²) in [5, 5.41) is 14.1. The second-order valence-corrected chi connectivity index (χ2v) is 10.6. The van der Waals surface area contributed by atoms with Crippen LogP contribution in [-0.2, 0) is 38.4 Å². The Morgan fingerprint density at radius 3 is 2.69 bits per heavy atom. The Morgan fingerprint density at radius 1 is 1.12 bits per heavy atom. The molecule has 2 aliphatic carbocycles. The summed E-state index contributed by atoms with van der Waals surface area (Å²) in [6, 6.07) is 12.2. The van der Waals surface area contributed by atoms with Crippen molar-refractivity contribution >= 4 is 0 Å². The molecule has 1 fully saturated rings. The van der Waals surface area contributed by atoms with E-state index in [1.807, 2.05) is 24.4 Å². The Bertz CT molecular complexity index is 1100. The van der Waals surface area contributed by atoms with Gasteiger partial charge in [-0.3, -0.25) is 9.97 Å². The van der Waals surface area contributed by atoms with Gasteiger partial charge in [0.15, 0.2) is 0 Å². The number of hydrogen-bond acceptors (Lipinski definition) is 3. The Balaban J connectivity index is 0.00000245. The Kier molecular flexibility index (Phi) is 5.96. The average Bonchev–Trinajstić information content (AvgIpc) is 3.34. The SMILES string of the molecule is CC(C)(C[N-]Cc1ccccn1)c1cccc(-c2[n-]nc3c2C2CCC3(C)C2(C)C)n1.[Pt+2]. The summed E-state index contributed by atoms with van der Waals surface area (Å²) < 4.78 is 0. The average molecular weight is 609 g/mol. The van der Waals surface area contributed by atoms with Gasteiger partial charge in [0.1, 0.15) is 0 Å². The van der Waals surface area contributed by atoms with E-state index in [2.05, 4.69) is 68.0 Å². The molecular formula is C26H31N5Pt. The van der Waals surface area contributed by atoms with E-state index >= 15 is 0 Å². The fourth-order valence-corrected chi connectivity index (χ4v) is 5.64. The molecule has 0 spiro atoms. The van der Waals surface area contributed by atoms with Gasteiger partial charge in [-0.15, -0.1) is 13.1 Å². The molecule has 2 aliphatic rings. The van der Waals surface area contributed by atoms with Gasteiger partial charge in [0.05, 0.1) is 0 Å². The maximum Gasteiger partial charge on any atom is 2.00 e. The summed E-state index contributed by atoms with van der Waals surface area (Å²) in [5.74, 6) is 0.518. The van der Waals surface area contributed by atoms with Crippen molar-refractivity contribution in [3.05, 3.63) is 70.6 Å². The molecule has 2 atom stereocenters. The molecule has 3 aromatic rings. The number of hydrogen-bond donors (Lipinski definition) is 0. The zero-order valence-corrected chi connectivity index (χ0v) is 21.8. The second kappa shape index (κ2) is 8.18. The largest absolute Gasteiger partial charge is 2.00 e. The Morgan fingerprint density at radius 2 is 1.94 bits per heavy atom. The van der Waals surface area contributed by atoms with Crippen LogP contribution in [0, 0.1) is 5.41 Å². The minimum atomic E-state index is -0.168. The minimum Gasteiger partial charge on any atom is -0.656 e. The van der Waals surface area contributed by atoms with E-state index in [9.17, 15) is 0 Å². The van der Waals surface area contributed by atoms with Crippen LogP contribution in [0.2, 0.25) is 0 Å². The first-order valence-corrected chi connectivity index (χ1v) is 11.3. The van der Waals surface area contributed by atoms with E-state index in [1.165, 1.54) is 24.1 Å². The minimum absolute atomic E-state index is 0. The molecule has 2 bridgehead atoms. The molecule has 3 heterocycles. The van der Waals surface area contributed by atoms with E-state index in [0.29, 0.717) is 19.0 Å². The molecule has 0 aliphatic heterocycles. The Hall–Kier alpha value is -1.84. The molecule has 0 saturated heterocycles. The van der Waals surface area contributed by atoms with E-state index in [4.69, 9.17) is 10.3 Å². The predicted molar refractivity (Wildman–Crippen MR) is 123 cm³/mol. The first-order valence-electron chi connectivity index (χ1n) is 11.3. The topological polar surface area (TPSA) is 66.9 Å². The third-order valence-electron chi connectivity index (χ3n) is 8.05. The van der Waals surface area contributed by atoms with E-state index < -0.39 is 0 Å². The van der Waals surface area contributed by atoms with Gasteiger partial charge >= 0.3 is 21.1 Å². The van der Waals surface area contributed by atoms with Crippen molar-refractivity contribution in [1.82, 2.24) is 20.2 Å². The van der Waals surface area contributed by atoms with Crippen LogP contribution >= 0.6 is 0 Å². The predicted octanol–water partition coefficient (Wildman–Crippen LogP) is 5.52. The van der Waals surface area contributed by atoms with Crippen LogP contribution in [0.1, 0.15) is 76.0 Å². The summed E-state index contributed by atoms with van der Waals surface area (Å²) in [7, 11) is 0. The molecule has 5 nitrogen and oxygen atoms in total. The zero-order valence-electron chi connectivity index (χ0n) is 19.5. The smallest absolute Gasteiger partial charge is 0.656 e. The Labute approximate surface area is 205 Å². The molecule has 0 N–H and O–H groups in total. The maximum absolute atomic E-state index is 5.07. The van der Waals surface area contributed by atoms with Gasteiger partial charge in [0.2, 0.25) is 0 Å². The van der Waals surface area contributed by atoms with E-state index in [1.54, 1.807) is 0 Å². The molecule has 5 rings (SSSR count). The summed E-state index contributed by atoms with van der Waals surface area (Å²) in [6.07, 6.45) is 4.23. The van der Waals surface area contributed by atoms with Crippen molar-refractivity contribution in [2.75, 3.05) is 6.54 Å². The van der Waals surface area contributed by atoms with Crippen LogP contribution in [-0.4, -0.2) is 21.6 Å². The van der Waals surface area contributed by atoms with Crippen LogP contribution in [0.25, 0.3) is 16.7 Å². The molecule has 32 heavy (non-hydrogen) atoms. The number of rotatable bonds is 6. The molecule has 0 amide bonds. The second-order valence-electron chi connectivity index (χ2n) is 10.6. The standard InChI is InChI=1S/C26H31N5.Pt/c1-24(2,16-27-15-17-9-6-7-14-28-17)20-11-8-10-19(29-20)22-21-18-12-13-26(5,25(18,3)4)23(21)31-30-22;/h6-11,14,18H,12-13,15-16H2,1-5H3;/q-2;+2. The number of pyridine rings is 2. The van der Waals surface area contributed by atoms with Crippen molar-refractivity contribution in [2.24, 2.45) is 5.41 Å².